The van der Waals surface area contributed by atoms with Crippen LogP contribution < -0.4 is 4.74 Å². The number of rotatable bonds is 10. The van der Waals surface area contributed by atoms with E-state index < -0.39 is 12.5 Å². The van der Waals surface area contributed by atoms with Gasteiger partial charge in [-0.2, -0.15) is 17.6 Å². The van der Waals surface area contributed by atoms with Crippen molar-refractivity contribution in [3.63, 3.8) is 0 Å². The van der Waals surface area contributed by atoms with Crippen molar-refractivity contribution in [2.24, 2.45) is 4.99 Å². The Morgan fingerprint density at radius 2 is 1.83 bits per heavy atom. The highest BCUT2D eigenvalue weighted by Crippen LogP contribution is 2.31. The predicted molar refractivity (Wildman–Crippen MR) is 113 cm³/mol. The SMILES string of the molecule is C\C=C/C(=N/C=C/CC)C(Cc1ccccc1)c1cccc(OC(F)(F)C(F)F)c1. The van der Waals surface area contributed by atoms with Gasteiger partial charge in [-0.15, -0.1) is 0 Å². The molecular formula is C24H25F4NO. The van der Waals surface area contributed by atoms with Crippen LogP contribution in [0.2, 0.25) is 0 Å². The van der Waals surface area contributed by atoms with Gasteiger partial charge in [0.25, 0.3) is 0 Å². The number of nitrogens with zero attached hydrogens (tertiary/aromatic N) is 1. The zero-order valence-electron chi connectivity index (χ0n) is 16.9. The maximum atomic E-state index is 13.4. The molecule has 2 aromatic carbocycles. The molecule has 0 saturated heterocycles. The van der Waals surface area contributed by atoms with E-state index in [2.05, 4.69) is 9.73 Å². The van der Waals surface area contributed by atoms with Crippen LogP contribution in [-0.4, -0.2) is 18.2 Å². The monoisotopic (exact) mass is 419 g/mol. The molecule has 160 valence electrons. The number of halogens is 4. The van der Waals surface area contributed by atoms with Crippen molar-refractivity contribution in [2.45, 2.75) is 45.1 Å². The highest BCUT2D eigenvalue weighted by atomic mass is 19.3. The minimum absolute atomic E-state index is 0.283. The molecule has 2 aromatic rings. The minimum atomic E-state index is -4.56. The summed E-state index contributed by atoms with van der Waals surface area (Å²) in [5.74, 6) is -0.603. The van der Waals surface area contributed by atoms with Gasteiger partial charge in [-0.1, -0.05) is 61.5 Å². The summed E-state index contributed by atoms with van der Waals surface area (Å²) in [6.07, 6.45) is 0.222. The Morgan fingerprint density at radius 1 is 1.10 bits per heavy atom. The molecule has 2 nitrogen and oxygen atoms in total. The van der Waals surface area contributed by atoms with Crippen molar-refractivity contribution in [3.05, 3.63) is 90.2 Å². The molecule has 0 spiro atoms. The van der Waals surface area contributed by atoms with Crippen LogP contribution in [0.1, 0.15) is 37.3 Å². The van der Waals surface area contributed by atoms with Crippen molar-refractivity contribution < 1.29 is 22.3 Å². The van der Waals surface area contributed by atoms with Gasteiger partial charge >= 0.3 is 12.5 Å². The normalized spacial score (nSPS) is 14.0. The van der Waals surface area contributed by atoms with Crippen molar-refractivity contribution in [2.75, 3.05) is 0 Å². The van der Waals surface area contributed by atoms with Crippen LogP contribution in [-0.2, 0) is 6.42 Å². The lowest BCUT2D eigenvalue weighted by Gasteiger charge is -2.21. The second kappa shape index (κ2) is 11.3. The van der Waals surface area contributed by atoms with E-state index in [0.717, 1.165) is 17.7 Å². The van der Waals surface area contributed by atoms with Crippen LogP contribution in [0.5, 0.6) is 5.75 Å². The summed E-state index contributed by atoms with van der Waals surface area (Å²) >= 11 is 0. The number of allylic oxidation sites excluding steroid dienone is 3. The van der Waals surface area contributed by atoms with Gasteiger partial charge in [-0.25, -0.2) is 0 Å². The maximum Gasteiger partial charge on any atom is 0.461 e. The van der Waals surface area contributed by atoms with Crippen molar-refractivity contribution in [1.29, 1.82) is 0 Å². The number of hydrogen-bond donors (Lipinski definition) is 0. The Bertz CT molecular complexity index is 876. The van der Waals surface area contributed by atoms with E-state index in [9.17, 15) is 17.6 Å². The molecule has 0 aromatic heterocycles. The third kappa shape index (κ3) is 6.87. The van der Waals surface area contributed by atoms with Gasteiger partial charge in [-0.05, 0) is 49.1 Å². The molecule has 0 aliphatic heterocycles. The van der Waals surface area contributed by atoms with Crippen LogP contribution in [0.4, 0.5) is 17.6 Å². The van der Waals surface area contributed by atoms with Gasteiger partial charge in [0.1, 0.15) is 5.75 Å². The molecule has 0 fully saturated rings. The van der Waals surface area contributed by atoms with Gasteiger partial charge < -0.3 is 4.74 Å². The first kappa shape index (κ1) is 23.4. The molecule has 0 radical (unpaired) electrons. The van der Waals surface area contributed by atoms with Crippen LogP contribution in [0, 0.1) is 0 Å². The van der Waals surface area contributed by atoms with E-state index in [-0.39, 0.29) is 11.7 Å². The molecule has 0 aliphatic carbocycles. The second-order valence-corrected chi connectivity index (χ2v) is 6.63. The van der Waals surface area contributed by atoms with Crippen molar-refractivity contribution in [3.8, 4) is 5.75 Å². The Kier molecular flexibility index (Phi) is 8.84. The molecule has 0 amide bonds. The molecule has 0 saturated carbocycles. The van der Waals surface area contributed by atoms with E-state index in [1.165, 1.54) is 18.2 Å². The Hall–Kier alpha value is -2.89. The Labute approximate surface area is 174 Å². The first-order chi connectivity index (χ1) is 14.4. The molecular weight excluding hydrogens is 394 g/mol. The standard InChI is InChI=1S/C24H25F4NO/c1-3-5-15-29-22(10-4-2)21(16-18-11-7-6-8-12-18)19-13-9-14-20(17-19)30-24(27,28)23(25)26/h4-15,17,21,23H,3,16H2,1-2H3/b10-4-,15-5+,29-22-. The van der Waals surface area contributed by atoms with E-state index >= 15 is 0 Å². The molecule has 6 heteroatoms. The summed E-state index contributed by atoms with van der Waals surface area (Å²) in [4.78, 5) is 4.55. The Balaban J connectivity index is 2.46. The zero-order valence-corrected chi connectivity index (χ0v) is 16.9. The fourth-order valence-electron chi connectivity index (χ4n) is 2.90. The number of ether oxygens (including phenoxy) is 1. The zero-order chi connectivity index (χ0) is 22.0. The van der Waals surface area contributed by atoms with E-state index in [4.69, 9.17) is 0 Å². The van der Waals surface area contributed by atoms with Gasteiger partial charge in [0.05, 0.1) is 0 Å². The third-order valence-electron chi connectivity index (χ3n) is 4.31. The van der Waals surface area contributed by atoms with E-state index in [1.807, 2.05) is 62.4 Å². The van der Waals surface area contributed by atoms with Gasteiger partial charge in [0, 0.05) is 17.8 Å². The van der Waals surface area contributed by atoms with Gasteiger partial charge in [-0.3, -0.25) is 4.99 Å². The second-order valence-electron chi connectivity index (χ2n) is 6.63. The first-order valence-corrected chi connectivity index (χ1v) is 9.71. The summed E-state index contributed by atoms with van der Waals surface area (Å²) in [6, 6.07) is 15.5. The third-order valence-corrected chi connectivity index (χ3v) is 4.31. The average molecular weight is 419 g/mol. The molecule has 2 rings (SSSR count). The molecule has 0 bridgehead atoms. The van der Waals surface area contributed by atoms with E-state index in [1.54, 1.807) is 12.3 Å². The van der Waals surface area contributed by atoms with Crippen LogP contribution in [0.3, 0.4) is 0 Å². The molecule has 0 aliphatic rings. The summed E-state index contributed by atoms with van der Waals surface area (Å²) in [6.45, 7) is 3.86. The maximum absolute atomic E-state index is 13.4. The molecule has 1 unspecified atom stereocenters. The summed E-state index contributed by atoms with van der Waals surface area (Å²) in [5.41, 5.74) is 2.40. The number of alkyl halides is 4. The smallest absolute Gasteiger partial charge is 0.428 e. The highest BCUT2D eigenvalue weighted by molar-refractivity contribution is 6.00. The lowest BCUT2D eigenvalue weighted by molar-refractivity contribution is -0.253. The average Bonchev–Trinajstić information content (AvgIpc) is 2.72. The number of benzene rings is 2. The molecule has 0 N–H and O–H groups in total. The predicted octanol–water partition coefficient (Wildman–Crippen LogP) is 7.19. The van der Waals surface area contributed by atoms with Gasteiger partial charge in [0.2, 0.25) is 0 Å². The lowest BCUT2D eigenvalue weighted by Crippen LogP contribution is -2.33. The molecule has 30 heavy (non-hydrogen) atoms. The number of hydrogen-bond acceptors (Lipinski definition) is 2. The summed E-state index contributed by atoms with van der Waals surface area (Å²) < 4.78 is 56.1. The summed E-state index contributed by atoms with van der Waals surface area (Å²) in [5, 5.41) is 0. The van der Waals surface area contributed by atoms with Crippen molar-refractivity contribution >= 4 is 5.71 Å². The lowest BCUT2D eigenvalue weighted by atomic mass is 9.87. The van der Waals surface area contributed by atoms with Crippen LogP contribution in [0.25, 0.3) is 0 Å². The number of aliphatic imine (C=N–C) groups is 1. The first-order valence-electron chi connectivity index (χ1n) is 9.71. The fourth-order valence-corrected chi connectivity index (χ4v) is 2.90. The Morgan fingerprint density at radius 3 is 2.47 bits per heavy atom. The highest BCUT2D eigenvalue weighted by Gasteiger charge is 2.44. The largest absolute Gasteiger partial charge is 0.461 e. The van der Waals surface area contributed by atoms with Crippen LogP contribution in [0.15, 0.2) is 84.0 Å². The quantitative estimate of drug-likeness (QED) is 0.295. The van der Waals surface area contributed by atoms with E-state index in [0.29, 0.717) is 12.0 Å². The van der Waals surface area contributed by atoms with Crippen molar-refractivity contribution in [1.82, 2.24) is 0 Å². The topological polar surface area (TPSA) is 21.6 Å². The summed E-state index contributed by atoms with van der Waals surface area (Å²) in [7, 11) is 0. The fraction of sp³-hybridized carbons (Fsp3) is 0.292. The molecule has 0 heterocycles. The molecule has 1 atom stereocenters. The van der Waals surface area contributed by atoms with Crippen LogP contribution >= 0.6 is 0 Å². The minimum Gasteiger partial charge on any atom is -0.428 e. The van der Waals surface area contributed by atoms with Gasteiger partial charge in [0.15, 0.2) is 0 Å².